The first-order chi connectivity index (χ1) is 12.0. The number of piperidine rings is 1. The number of benzene rings is 1. The molecule has 0 radical (unpaired) electrons. The molecule has 0 N–H and O–H groups in total. The molecule has 1 aromatic carbocycles. The Kier molecular flexibility index (Phi) is 6.67. The van der Waals surface area contributed by atoms with Crippen molar-refractivity contribution in [2.75, 3.05) is 38.8 Å². The van der Waals surface area contributed by atoms with E-state index in [0.29, 0.717) is 36.1 Å². The van der Waals surface area contributed by atoms with Crippen LogP contribution in [0.2, 0.25) is 0 Å². The van der Waals surface area contributed by atoms with Crippen LogP contribution in [-0.2, 0) is 9.59 Å². The minimum atomic E-state index is -0.133. The van der Waals surface area contributed by atoms with Crippen LogP contribution in [0.1, 0.15) is 33.1 Å². The number of rotatable bonds is 6. The van der Waals surface area contributed by atoms with E-state index in [1.807, 2.05) is 4.90 Å². The SMILES string of the molecule is COc1ccc(OC)c(N(CCC(=O)N2CCCC(C)C2)C(C)=O)c1. The van der Waals surface area contributed by atoms with Gasteiger partial charge in [0, 0.05) is 39.0 Å². The van der Waals surface area contributed by atoms with Gasteiger partial charge in [-0.15, -0.1) is 0 Å². The third-order valence-electron chi connectivity index (χ3n) is 4.62. The maximum absolute atomic E-state index is 12.5. The summed E-state index contributed by atoms with van der Waals surface area (Å²) in [6.07, 6.45) is 2.52. The highest BCUT2D eigenvalue weighted by Crippen LogP contribution is 2.32. The summed E-state index contributed by atoms with van der Waals surface area (Å²) in [6.45, 7) is 5.60. The van der Waals surface area contributed by atoms with E-state index in [4.69, 9.17) is 9.47 Å². The monoisotopic (exact) mass is 348 g/mol. The summed E-state index contributed by atoms with van der Waals surface area (Å²) in [7, 11) is 3.13. The number of carbonyl (C=O) groups is 2. The molecule has 1 aromatic rings. The number of hydrogen-bond donors (Lipinski definition) is 0. The van der Waals surface area contributed by atoms with Crippen molar-refractivity contribution >= 4 is 17.5 Å². The van der Waals surface area contributed by atoms with Crippen LogP contribution in [0.5, 0.6) is 11.5 Å². The molecule has 1 unspecified atom stereocenters. The van der Waals surface area contributed by atoms with Gasteiger partial charge in [-0.25, -0.2) is 0 Å². The Morgan fingerprint density at radius 2 is 2.04 bits per heavy atom. The Balaban J connectivity index is 2.11. The second-order valence-corrected chi connectivity index (χ2v) is 6.55. The van der Waals surface area contributed by atoms with Gasteiger partial charge in [-0.1, -0.05) is 6.92 Å². The maximum atomic E-state index is 12.5. The van der Waals surface area contributed by atoms with Crippen molar-refractivity contribution < 1.29 is 19.1 Å². The van der Waals surface area contributed by atoms with Gasteiger partial charge in [0.05, 0.1) is 19.9 Å². The number of methoxy groups -OCH3 is 2. The maximum Gasteiger partial charge on any atom is 0.224 e. The zero-order chi connectivity index (χ0) is 18.4. The van der Waals surface area contributed by atoms with E-state index in [0.717, 1.165) is 19.5 Å². The smallest absolute Gasteiger partial charge is 0.224 e. The minimum absolute atomic E-state index is 0.0969. The Morgan fingerprint density at radius 3 is 2.64 bits per heavy atom. The summed E-state index contributed by atoms with van der Waals surface area (Å²) in [6, 6.07) is 5.30. The van der Waals surface area contributed by atoms with E-state index in [9.17, 15) is 9.59 Å². The molecule has 25 heavy (non-hydrogen) atoms. The molecule has 1 aliphatic rings. The van der Waals surface area contributed by atoms with Gasteiger partial charge >= 0.3 is 0 Å². The lowest BCUT2D eigenvalue weighted by atomic mass is 10.00. The summed E-state index contributed by atoms with van der Waals surface area (Å²) in [5.74, 6) is 1.72. The van der Waals surface area contributed by atoms with Gasteiger partial charge in [0.2, 0.25) is 11.8 Å². The van der Waals surface area contributed by atoms with Crippen molar-refractivity contribution in [2.24, 2.45) is 5.92 Å². The molecule has 0 spiro atoms. The van der Waals surface area contributed by atoms with Crippen LogP contribution >= 0.6 is 0 Å². The molecule has 1 aliphatic heterocycles. The molecule has 2 rings (SSSR count). The molecule has 1 atom stereocenters. The van der Waals surface area contributed by atoms with Crippen molar-refractivity contribution in [3.63, 3.8) is 0 Å². The van der Waals surface area contributed by atoms with Gasteiger partial charge in [-0.2, -0.15) is 0 Å². The lowest BCUT2D eigenvalue weighted by molar-refractivity contribution is -0.132. The van der Waals surface area contributed by atoms with E-state index < -0.39 is 0 Å². The number of ether oxygens (including phenoxy) is 2. The number of carbonyl (C=O) groups excluding carboxylic acids is 2. The van der Waals surface area contributed by atoms with Crippen LogP contribution in [0.4, 0.5) is 5.69 Å². The number of likely N-dealkylation sites (tertiary alicyclic amines) is 1. The lowest BCUT2D eigenvalue weighted by Crippen LogP contribution is -2.41. The summed E-state index contributed by atoms with van der Waals surface area (Å²) < 4.78 is 10.6. The number of amides is 2. The fourth-order valence-corrected chi connectivity index (χ4v) is 3.24. The largest absolute Gasteiger partial charge is 0.497 e. The lowest BCUT2D eigenvalue weighted by Gasteiger charge is -2.32. The summed E-state index contributed by atoms with van der Waals surface area (Å²) >= 11 is 0. The van der Waals surface area contributed by atoms with Gasteiger partial charge in [-0.05, 0) is 30.9 Å². The Morgan fingerprint density at radius 1 is 1.28 bits per heavy atom. The Labute approximate surface area is 149 Å². The molecule has 1 heterocycles. The highest BCUT2D eigenvalue weighted by molar-refractivity contribution is 5.94. The first kappa shape index (κ1) is 19.1. The highest BCUT2D eigenvalue weighted by Gasteiger charge is 2.23. The van der Waals surface area contributed by atoms with Crippen molar-refractivity contribution in [1.29, 1.82) is 0 Å². The molecule has 0 bridgehead atoms. The quantitative estimate of drug-likeness (QED) is 0.793. The molecule has 0 aliphatic carbocycles. The van der Waals surface area contributed by atoms with E-state index in [-0.39, 0.29) is 11.8 Å². The van der Waals surface area contributed by atoms with Crippen LogP contribution in [0, 0.1) is 5.92 Å². The molecule has 1 fully saturated rings. The van der Waals surface area contributed by atoms with Crippen molar-refractivity contribution in [1.82, 2.24) is 4.90 Å². The van der Waals surface area contributed by atoms with E-state index in [1.54, 1.807) is 37.3 Å². The molecule has 6 nitrogen and oxygen atoms in total. The molecule has 1 saturated heterocycles. The number of hydrogen-bond acceptors (Lipinski definition) is 4. The third-order valence-corrected chi connectivity index (χ3v) is 4.62. The molecule has 2 amide bonds. The normalized spacial score (nSPS) is 17.1. The summed E-state index contributed by atoms with van der Waals surface area (Å²) in [5, 5.41) is 0. The van der Waals surface area contributed by atoms with E-state index in [1.165, 1.54) is 13.3 Å². The average Bonchev–Trinajstić information content (AvgIpc) is 2.61. The van der Waals surface area contributed by atoms with Crippen molar-refractivity contribution in [2.45, 2.75) is 33.1 Å². The van der Waals surface area contributed by atoms with Gasteiger partial charge in [-0.3, -0.25) is 9.59 Å². The second-order valence-electron chi connectivity index (χ2n) is 6.55. The van der Waals surface area contributed by atoms with E-state index in [2.05, 4.69) is 6.92 Å². The van der Waals surface area contributed by atoms with Crippen LogP contribution in [0.15, 0.2) is 18.2 Å². The fourth-order valence-electron chi connectivity index (χ4n) is 3.24. The fraction of sp³-hybridized carbons (Fsp3) is 0.579. The molecular weight excluding hydrogens is 320 g/mol. The topological polar surface area (TPSA) is 59.1 Å². The molecule has 138 valence electrons. The average molecular weight is 348 g/mol. The van der Waals surface area contributed by atoms with Crippen LogP contribution < -0.4 is 14.4 Å². The van der Waals surface area contributed by atoms with Gasteiger partial charge in [0.15, 0.2) is 0 Å². The number of nitrogens with zero attached hydrogens (tertiary/aromatic N) is 2. The standard InChI is InChI=1S/C19H28N2O4/c1-14-6-5-10-20(13-14)19(23)9-11-21(15(2)22)17-12-16(24-3)7-8-18(17)25-4/h7-8,12,14H,5-6,9-11,13H2,1-4H3. The summed E-state index contributed by atoms with van der Waals surface area (Å²) in [5.41, 5.74) is 0.620. The highest BCUT2D eigenvalue weighted by atomic mass is 16.5. The van der Waals surface area contributed by atoms with E-state index >= 15 is 0 Å². The zero-order valence-corrected chi connectivity index (χ0v) is 15.6. The minimum Gasteiger partial charge on any atom is -0.497 e. The molecular formula is C19H28N2O4. The molecule has 6 heteroatoms. The zero-order valence-electron chi connectivity index (χ0n) is 15.6. The molecule has 0 saturated carbocycles. The van der Waals surface area contributed by atoms with Crippen molar-refractivity contribution in [3.05, 3.63) is 18.2 Å². The Hall–Kier alpha value is -2.24. The van der Waals surface area contributed by atoms with Crippen molar-refractivity contribution in [3.8, 4) is 11.5 Å². The predicted molar refractivity (Wildman–Crippen MR) is 97.2 cm³/mol. The second kappa shape index (κ2) is 8.74. The van der Waals surface area contributed by atoms with Gasteiger partial charge in [0.25, 0.3) is 0 Å². The molecule has 0 aromatic heterocycles. The first-order valence-corrected chi connectivity index (χ1v) is 8.74. The summed E-state index contributed by atoms with van der Waals surface area (Å²) in [4.78, 5) is 28.2. The first-order valence-electron chi connectivity index (χ1n) is 8.74. The van der Waals surface area contributed by atoms with Crippen LogP contribution in [-0.4, -0.2) is 50.6 Å². The van der Waals surface area contributed by atoms with Crippen LogP contribution in [0.3, 0.4) is 0 Å². The third kappa shape index (κ3) is 4.87. The number of anilines is 1. The van der Waals surface area contributed by atoms with Gasteiger partial charge < -0.3 is 19.3 Å². The van der Waals surface area contributed by atoms with Crippen LogP contribution in [0.25, 0.3) is 0 Å². The Bertz CT molecular complexity index is 617. The predicted octanol–water partition coefficient (Wildman–Crippen LogP) is 2.71. The van der Waals surface area contributed by atoms with Gasteiger partial charge in [0.1, 0.15) is 11.5 Å².